The molecule has 1 heterocycles. The van der Waals surface area contributed by atoms with Gasteiger partial charge < -0.3 is 23.8 Å². The molecule has 0 bridgehead atoms. The van der Waals surface area contributed by atoms with E-state index in [1.54, 1.807) is 26.0 Å². The Bertz CT molecular complexity index is 541. The Balaban J connectivity index is 2.81. The van der Waals surface area contributed by atoms with E-state index < -0.39 is 13.5 Å². The molecule has 0 unspecified atom stereocenters. The van der Waals surface area contributed by atoms with Crippen molar-refractivity contribution >= 4 is 19.2 Å². The van der Waals surface area contributed by atoms with Gasteiger partial charge in [0.05, 0.1) is 27.4 Å². The molecule has 0 spiro atoms. The quantitative estimate of drug-likeness (QED) is 0.693. The van der Waals surface area contributed by atoms with E-state index in [4.69, 9.17) is 18.5 Å². The lowest BCUT2D eigenvalue weighted by Gasteiger charge is -2.17. The standard InChI is InChI=1S/C13H21N2O6P/c1-5-20-22(17,21-6-2)9-11(16)14-10-7-8-12(18-3)15-13(10)19-4/h7-8H,5-6,9H2,1-4H3,(H,14,16). The monoisotopic (exact) mass is 332 g/mol. The van der Waals surface area contributed by atoms with E-state index in [0.29, 0.717) is 11.6 Å². The fourth-order valence-corrected chi connectivity index (χ4v) is 3.15. The normalized spacial score (nSPS) is 11.1. The molecule has 0 fully saturated rings. The average molecular weight is 332 g/mol. The highest BCUT2D eigenvalue weighted by molar-refractivity contribution is 7.54. The number of ether oxygens (including phenoxy) is 2. The number of anilines is 1. The number of carbonyl (C=O) groups excluding carboxylic acids is 1. The molecule has 0 aliphatic carbocycles. The van der Waals surface area contributed by atoms with Crippen molar-refractivity contribution in [1.82, 2.24) is 4.98 Å². The zero-order chi connectivity index (χ0) is 16.6. The SMILES string of the molecule is CCOP(=O)(CC(=O)Nc1ccc(OC)nc1OC)OCC. The highest BCUT2D eigenvalue weighted by atomic mass is 31.2. The van der Waals surface area contributed by atoms with Gasteiger partial charge >= 0.3 is 7.60 Å². The third-order valence-corrected chi connectivity index (χ3v) is 4.48. The number of nitrogens with one attached hydrogen (secondary N) is 1. The first-order valence-electron chi connectivity index (χ1n) is 6.75. The van der Waals surface area contributed by atoms with Crippen LogP contribution in [0.1, 0.15) is 13.8 Å². The van der Waals surface area contributed by atoms with Crippen molar-refractivity contribution in [2.45, 2.75) is 13.8 Å². The second-order valence-electron chi connectivity index (χ2n) is 4.06. The summed E-state index contributed by atoms with van der Waals surface area (Å²) < 4.78 is 32.5. The van der Waals surface area contributed by atoms with Crippen LogP contribution in [0.3, 0.4) is 0 Å². The molecule has 0 atom stereocenters. The van der Waals surface area contributed by atoms with Gasteiger partial charge in [0.1, 0.15) is 11.8 Å². The Hall–Kier alpha value is -1.63. The van der Waals surface area contributed by atoms with Crippen LogP contribution >= 0.6 is 7.60 Å². The van der Waals surface area contributed by atoms with E-state index >= 15 is 0 Å². The third kappa shape index (κ3) is 5.29. The molecule has 0 radical (unpaired) electrons. The lowest BCUT2D eigenvalue weighted by Crippen LogP contribution is -2.19. The van der Waals surface area contributed by atoms with Gasteiger partial charge in [-0.2, -0.15) is 4.98 Å². The number of carbonyl (C=O) groups is 1. The number of amides is 1. The van der Waals surface area contributed by atoms with E-state index in [1.807, 2.05) is 0 Å². The molecule has 0 saturated carbocycles. The van der Waals surface area contributed by atoms with Crippen molar-refractivity contribution in [3.8, 4) is 11.8 Å². The van der Waals surface area contributed by atoms with E-state index in [-0.39, 0.29) is 25.3 Å². The zero-order valence-corrected chi connectivity index (χ0v) is 14.0. The minimum Gasteiger partial charge on any atom is -0.481 e. The first kappa shape index (κ1) is 18.4. The van der Waals surface area contributed by atoms with E-state index in [0.717, 1.165) is 0 Å². The number of rotatable bonds is 9. The molecule has 0 aliphatic rings. The van der Waals surface area contributed by atoms with Gasteiger partial charge in [-0.25, -0.2) is 0 Å². The highest BCUT2D eigenvalue weighted by Gasteiger charge is 2.28. The second kappa shape index (κ2) is 8.73. The van der Waals surface area contributed by atoms with Crippen molar-refractivity contribution in [3.05, 3.63) is 12.1 Å². The number of hydrogen-bond acceptors (Lipinski definition) is 7. The van der Waals surface area contributed by atoms with Gasteiger partial charge in [0.25, 0.3) is 0 Å². The van der Waals surface area contributed by atoms with E-state index in [9.17, 15) is 9.36 Å². The van der Waals surface area contributed by atoms with Crippen LogP contribution in [0.25, 0.3) is 0 Å². The van der Waals surface area contributed by atoms with Crippen LogP contribution in [-0.2, 0) is 18.4 Å². The van der Waals surface area contributed by atoms with Crippen LogP contribution in [0.4, 0.5) is 5.69 Å². The second-order valence-corrected chi connectivity index (χ2v) is 6.12. The predicted octanol–water partition coefficient (Wildman–Crippen LogP) is 2.30. The highest BCUT2D eigenvalue weighted by Crippen LogP contribution is 2.47. The molecule has 0 saturated heterocycles. The first-order chi connectivity index (χ1) is 10.5. The molecule has 9 heteroatoms. The number of aromatic nitrogens is 1. The lowest BCUT2D eigenvalue weighted by molar-refractivity contribution is -0.114. The number of pyridine rings is 1. The Morgan fingerprint density at radius 1 is 1.18 bits per heavy atom. The Kier molecular flexibility index (Phi) is 7.31. The number of methoxy groups -OCH3 is 2. The average Bonchev–Trinajstić information content (AvgIpc) is 2.47. The summed E-state index contributed by atoms with van der Waals surface area (Å²) in [6.45, 7) is 3.75. The summed E-state index contributed by atoms with van der Waals surface area (Å²) in [6, 6.07) is 3.15. The molecule has 22 heavy (non-hydrogen) atoms. The van der Waals surface area contributed by atoms with Crippen LogP contribution in [0, 0.1) is 0 Å². The molecule has 1 aromatic rings. The van der Waals surface area contributed by atoms with Gasteiger partial charge in [0.2, 0.25) is 17.7 Å². The van der Waals surface area contributed by atoms with Crippen LogP contribution in [0.2, 0.25) is 0 Å². The largest absolute Gasteiger partial charge is 0.481 e. The smallest absolute Gasteiger partial charge is 0.340 e. The molecule has 1 rings (SSSR count). The molecule has 124 valence electrons. The lowest BCUT2D eigenvalue weighted by atomic mass is 10.4. The van der Waals surface area contributed by atoms with Gasteiger partial charge in [-0.1, -0.05) is 0 Å². The minimum atomic E-state index is -3.45. The molecule has 8 nitrogen and oxygen atoms in total. The summed E-state index contributed by atoms with van der Waals surface area (Å²) in [5.41, 5.74) is 0.341. The summed E-state index contributed by atoms with van der Waals surface area (Å²) in [4.78, 5) is 16.1. The van der Waals surface area contributed by atoms with Crippen molar-refractivity contribution in [2.24, 2.45) is 0 Å². The molecular weight excluding hydrogens is 311 g/mol. The predicted molar refractivity (Wildman–Crippen MR) is 81.7 cm³/mol. The molecular formula is C13H21N2O6P. The molecule has 0 aliphatic heterocycles. The summed E-state index contributed by atoms with van der Waals surface area (Å²) in [5, 5.41) is 2.57. The Morgan fingerprint density at radius 3 is 2.32 bits per heavy atom. The maximum atomic E-state index is 12.3. The van der Waals surface area contributed by atoms with Gasteiger partial charge in [0, 0.05) is 6.07 Å². The maximum Gasteiger partial charge on any atom is 0.340 e. The first-order valence-corrected chi connectivity index (χ1v) is 8.47. The Labute approximate surface area is 129 Å². The minimum absolute atomic E-state index is 0.190. The van der Waals surface area contributed by atoms with Gasteiger partial charge in [-0.05, 0) is 19.9 Å². The van der Waals surface area contributed by atoms with Gasteiger partial charge in [-0.3, -0.25) is 9.36 Å². The molecule has 1 N–H and O–H groups in total. The molecule has 1 amide bonds. The fraction of sp³-hybridized carbons (Fsp3) is 0.538. The van der Waals surface area contributed by atoms with Crippen molar-refractivity contribution in [3.63, 3.8) is 0 Å². The van der Waals surface area contributed by atoms with Crippen molar-refractivity contribution in [2.75, 3.05) is 38.9 Å². The van der Waals surface area contributed by atoms with Crippen LogP contribution in [0.5, 0.6) is 11.8 Å². The van der Waals surface area contributed by atoms with Crippen LogP contribution < -0.4 is 14.8 Å². The van der Waals surface area contributed by atoms with Gasteiger partial charge in [-0.15, -0.1) is 0 Å². The van der Waals surface area contributed by atoms with Gasteiger partial charge in [0.15, 0.2) is 0 Å². The van der Waals surface area contributed by atoms with E-state index in [1.165, 1.54) is 14.2 Å². The van der Waals surface area contributed by atoms with Crippen molar-refractivity contribution < 1.29 is 27.9 Å². The van der Waals surface area contributed by atoms with E-state index in [2.05, 4.69) is 10.3 Å². The molecule has 1 aromatic heterocycles. The summed E-state index contributed by atoms with van der Waals surface area (Å²) in [6.07, 6.45) is -0.385. The van der Waals surface area contributed by atoms with Crippen LogP contribution in [0.15, 0.2) is 12.1 Å². The summed E-state index contributed by atoms with van der Waals surface area (Å²) in [5.74, 6) is 0.0232. The zero-order valence-electron chi connectivity index (χ0n) is 13.1. The summed E-state index contributed by atoms with van der Waals surface area (Å²) in [7, 11) is -0.557. The fourth-order valence-electron chi connectivity index (χ4n) is 1.68. The number of nitrogens with zero attached hydrogens (tertiary/aromatic N) is 1. The third-order valence-electron chi connectivity index (χ3n) is 2.50. The molecule has 0 aromatic carbocycles. The van der Waals surface area contributed by atoms with Crippen LogP contribution in [-0.4, -0.2) is 44.5 Å². The Morgan fingerprint density at radius 2 is 1.82 bits per heavy atom. The van der Waals surface area contributed by atoms with Crippen molar-refractivity contribution in [1.29, 1.82) is 0 Å². The maximum absolute atomic E-state index is 12.3. The number of hydrogen-bond donors (Lipinski definition) is 1. The summed E-state index contributed by atoms with van der Waals surface area (Å²) >= 11 is 0. The topological polar surface area (TPSA) is 96.0 Å².